The Morgan fingerprint density at radius 3 is 2.44 bits per heavy atom. The third-order valence-corrected chi connectivity index (χ3v) is 5.06. The molecule has 138 valence electrons. The van der Waals surface area contributed by atoms with Gasteiger partial charge in [0.25, 0.3) is 5.91 Å². The van der Waals surface area contributed by atoms with Gasteiger partial charge in [0, 0.05) is 35.3 Å². The molecule has 0 spiro atoms. The number of carbonyl (C=O) groups excluding carboxylic acids is 2. The third-order valence-electron chi connectivity index (χ3n) is 4.81. The highest BCUT2D eigenvalue weighted by molar-refractivity contribution is 6.30. The summed E-state index contributed by atoms with van der Waals surface area (Å²) in [5, 5.41) is 1.50. The Labute approximate surface area is 162 Å². The molecule has 0 saturated carbocycles. The van der Waals surface area contributed by atoms with E-state index in [-0.39, 0.29) is 18.2 Å². The van der Waals surface area contributed by atoms with Gasteiger partial charge in [-0.2, -0.15) is 0 Å². The van der Waals surface area contributed by atoms with Crippen LogP contribution in [-0.2, 0) is 16.0 Å². The van der Waals surface area contributed by atoms with Gasteiger partial charge in [0.15, 0.2) is 0 Å². The summed E-state index contributed by atoms with van der Waals surface area (Å²) in [6, 6.07) is 14.5. The number of hydrogen-bond donors (Lipinski definition) is 0. The highest BCUT2D eigenvalue weighted by atomic mass is 35.5. The summed E-state index contributed by atoms with van der Waals surface area (Å²) in [7, 11) is 0. The molecule has 1 amide bonds. The van der Waals surface area contributed by atoms with E-state index in [1.54, 1.807) is 35.0 Å². The summed E-state index contributed by atoms with van der Waals surface area (Å²) in [5.74, 6) is -0.0897. The van der Waals surface area contributed by atoms with Gasteiger partial charge in [-0.1, -0.05) is 29.8 Å². The van der Waals surface area contributed by atoms with Crippen LogP contribution in [0.25, 0.3) is 10.9 Å². The van der Waals surface area contributed by atoms with Crippen molar-refractivity contribution in [1.29, 1.82) is 0 Å². The molecule has 27 heavy (non-hydrogen) atoms. The Bertz CT molecular complexity index is 988. The number of para-hydroxylation sites is 1. The quantitative estimate of drug-likeness (QED) is 0.697. The van der Waals surface area contributed by atoms with Crippen LogP contribution in [0.4, 0.5) is 0 Å². The van der Waals surface area contributed by atoms with E-state index in [1.807, 2.05) is 29.2 Å². The van der Waals surface area contributed by atoms with E-state index in [0.717, 1.165) is 16.5 Å². The topological polar surface area (TPSA) is 51.5 Å². The average molecular weight is 383 g/mol. The molecule has 1 aromatic heterocycles. The first kappa shape index (κ1) is 17.8. The predicted octanol–water partition coefficient (Wildman–Crippen LogP) is 3.38. The molecule has 1 aliphatic rings. The molecule has 6 heteroatoms. The van der Waals surface area contributed by atoms with E-state index in [2.05, 4.69) is 0 Å². The van der Waals surface area contributed by atoms with Crippen LogP contribution in [0.5, 0.6) is 0 Å². The Balaban J connectivity index is 1.67. The van der Waals surface area contributed by atoms with Crippen molar-refractivity contribution in [1.82, 2.24) is 9.47 Å². The normalized spacial score (nSPS) is 14.5. The maximum Gasteiger partial charge on any atom is 0.262 e. The zero-order chi connectivity index (χ0) is 18.8. The molecule has 3 aromatic rings. The van der Waals surface area contributed by atoms with Crippen LogP contribution in [0.2, 0.25) is 5.02 Å². The minimum absolute atomic E-state index is 0.0557. The van der Waals surface area contributed by atoms with Gasteiger partial charge in [-0.05, 0) is 35.9 Å². The van der Waals surface area contributed by atoms with Gasteiger partial charge in [-0.25, -0.2) is 0 Å². The van der Waals surface area contributed by atoms with Crippen LogP contribution in [0, 0.1) is 0 Å². The van der Waals surface area contributed by atoms with Gasteiger partial charge >= 0.3 is 0 Å². The van der Waals surface area contributed by atoms with Crippen LogP contribution in [-0.4, -0.2) is 47.6 Å². The standard InChI is InChI=1S/C21H19ClN2O3/c22-17-7-5-15(6-8-17)21(26)24-14-16(18-3-1-2-4-19(18)24)13-20(25)23-9-11-27-12-10-23/h1-8,14H,9-13H2. The first-order valence-corrected chi connectivity index (χ1v) is 9.26. The largest absolute Gasteiger partial charge is 0.378 e. The summed E-state index contributed by atoms with van der Waals surface area (Å²) >= 11 is 5.92. The van der Waals surface area contributed by atoms with Gasteiger partial charge in [0.05, 0.1) is 25.2 Å². The van der Waals surface area contributed by atoms with E-state index in [4.69, 9.17) is 16.3 Å². The molecule has 0 atom stereocenters. The van der Waals surface area contributed by atoms with E-state index < -0.39 is 0 Å². The molecule has 0 unspecified atom stereocenters. The van der Waals surface area contributed by atoms with Crippen LogP contribution < -0.4 is 0 Å². The summed E-state index contributed by atoms with van der Waals surface area (Å²) in [6.45, 7) is 2.37. The second-order valence-electron chi connectivity index (χ2n) is 6.52. The molecule has 1 aliphatic heterocycles. The van der Waals surface area contributed by atoms with E-state index in [9.17, 15) is 9.59 Å². The van der Waals surface area contributed by atoms with Crippen molar-refractivity contribution in [2.75, 3.05) is 26.3 Å². The summed E-state index contributed by atoms with van der Waals surface area (Å²) in [5.41, 5.74) is 2.19. The number of ether oxygens (including phenoxy) is 1. The molecular weight excluding hydrogens is 364 g/mol. The average Bonchev–Trinajstić information content (AvgIpc) is 3.07. The lowest BCUT2D eigenvalue weighted by molar-refractivity contribution is -0.134. The number of fused-ring (bicyclic) bond motifs is 1. The number of aromatic nitrogens is 1. The molecule has 4 rings (SSSR count). The number of halogens is 1. The van der Waals surface area contributed by atoms with E-state index in [1.165, 1.54) is 0 Å². The summed E-state index contributed by atoms with van der Waals surface area (Å²) in [4.78, 5) is 27.5. The van der Waals surface area contributed by atoms with Crippen molar-refractivity contribution >= 4 is 34.3 Å². The number of hydrogen-bond acceptors (Lipinski definition) is 3. The zero-order valence-corrected chi connectivity index (χ0v) is 15.5. The summed E-state index contributed by atoms with van der Waals surface area (Å²) < 4.78 is 6.92. The summed E-state index contributed by atoms with van der Waals surface area (Å²) in [6.07, 6.45) is 2.04. The highest BCUT2D eigenvalue weighted by Crippen LogP contribution is 2.24. The van der Waals surface area contributed by atoms with Crippen molar-refractivity contribution in [3.8, 4) is 0 Å². The van der Waals surface area contributed by atoms with Crippen LogP contribution in [0.15, 0.2) is 54.7 Å². The SMILES string of the molecule is O=C(Cc1cn(C(=O)c2ccc(Cl)cc2)c2ccccc12)N1CCOCC1. The maximum absolute atomic E-state index is 13.0. The number of benzene rings is 2. The molecule has 0 N–H and O–H groups in total. The molecule has 5 nitrogen and oxygen atoms in total. The lowest BCUT2D eigenvalue weighted by Crippen LogP contribution is -2.41. The van der Waals surface area contributed by atoms with Gasteiger partial charge in [0.1, 0.15) is 0 Å². The van der Waals surface area contributed by atoms with E-state index in [0.29, 0.717) is 36.9 Å². The monoisotopic (exact) mass is 382 g/mol. The molecular formula is C21H19ClN2O3. The lowest BCUT2D eigenvalue weighted by atomic mass is 10.1. The molecule has 0 bridgehead atoms. The molecule has 0 radical (unpaired) electrons. The number of amides is 1. The van der Waals surface area contributed by atoms with Crippen LogP contribution in [0.3, 0.4) is 0 Å². The van der Waals surface area contributed by atoms with Crippen molar-refractivity contribution in [2.45, 2.75) is 6.42 Å². The lowest BCUT2D eigenvalue weighted by Gasteiger charge is -2.26. The maximum atomic E-state index is 13.0. The Morgan fingerprint density at radius 2 is 1.70 bits per heavy atom. The van der Waals surface area contributed by atoms with Crippen molar-refractivity contribution < 1.29 is 14.3 Å². The molecule has 2 aromatic carbocycles. The fourth-order valence-corrected chi connectivity index (χ4v) is 3.50. The first-order chi connectivity index (χ1) is 13.1. The van der Waals surface area contributed by atoms with Gasteiger partial charge in [0.2, 0.25) is 5.91 Å². The Morgan fingerprint density at radius 1 is 1.00 bits per heavy atom. The van der Waals surface area contributed by atoms with Crippen LogP contribution >= 0.6 is 11.6 Å². The minimum Gasteiger partial charge on any atom is -0.378 e. The van der Waals surface area contributed by atoms with Crippen molar-refractivity contribution in [3.05, 3.63) is 70.9 Å². The van der Waals surface area contributed by atoms with Gasteiger partial charge in [-0.15, -0.1) is 0 Å². The van der Waals surface area contributed by atoms with Crippen molar-refractivity contribution in [3.63, 3.8) is 0 Å². The smallest absolute Gasteiger partial charge is 0.262 e. The zero-order valence-electron chi connectivity index (χ0n) is 14.7. The highest BCUT2D eigenvalue weighted by Gasteiger charge is 2.21. The van der Waals surface area contributed by atoms with Gasteiger partial charge < -0.3 is 9.64 Å². The Hall–Kier alpha value is -2.63. The molecule has 1 saturated heterocycles. The fourth-order valence-electron chi connectivity index (χ4n) is 3.38. The minimum atomic E-state index is -0.145. The second kappa shape index (κ2) is 7.55. The van der Waals surface area contributed by atoms with Crippen molar-refractivity contribution in [2.24, 2.45) is 0 Å². The number of rotatable bonds is 3. The second-order valence-corrected chi connectivity index (χ2v) is 6.96. The van der Waals surface area contributed by atoms with E-state index >= 15 is 0 Å². The third kappa shape index (κ3) is 3.61. The molecule has 1 fully saturated rings. The first-order valence-electron chi connectivity index (χ1n) is 8.88. The fraction of sp³-hybridized carbons (Fsp3) is 0.238. The number of nitrogens with zero attached hydrogens (tertiary/aromatic N) is 2. The number of morpholine rings is 1. The predicted molar refractivity (Wildman–Crippen MR) is 104 cm³/mol. The molecule has 2 heterocycles. The molecule has 0 aliphatic carbocycles. The van der Waals surface area contributed by atoms with Gasteiger partial charge in [-0.3, -0.25) is 14.2 Å². The Kier molecular flexibility index (Phi) is 4.97. The van der Waals surface area contributed by atoms with Crippen LogP contribution in [0.1, 0.15) is 15.9 Å². The number of carbonyl (C=O) groups is 2.